The molecule has 3 heteroatoms. The fourth-order valence-electron chi connectivity index (χ4n) is 1.67. The van der Waals surface area contributed by atoms with E-state index in [0.717, 1.165) is 25.1 Å². The first-order valence-electron chi connectivity index (χ1n) is 4.84. The topological polar surface area (TPSA) is 34.0 Å². The summed E-state index contributed by atoms with van der Waals surface area (Å²) in [6.07, 6.45) is 5.13. The summed E-state index contributed by atoms with van der Waals surface area (Å²) in [6.45, 7) is 1.95. The number of aromatic nitrogens is 1. The van der Waals surface area contributed by atoms with Crippen LogP contribution in [0.2, 0.25) is 0 Å². The molecule has 0 radical (unpaired) electrons. The van der Waals surface area contributed by atoms with Gasteiger partial charge in [-0.3, -0.25) is 4.79 Å². The Bertz CT molecular complexity index is 418. The number of nitrogens with zero attached hydrogens (tertiary/aromatic N) is 1. The standard InChI is InChI=1S/C11H14N2O/c1-13-8-10(2-3-11(13)14)9-4-6-12-7-5-9/h2-4,8,12H,5-7H2,1H3. The van der Waals surface area contributed by atoms with E-state index in [1.165, 1.54) is 5.57 Å². The fraction of sp³-hybridized carbons (Fsp3) is 0.364. The van der Waals surface area contributed by atoms with Crippen LogP contribution in [0, 0.1) is 0 Å². The second-order valence-electron chi connectivity index (χ2n) is 3.55. The van der Waals surface area contributed by atoms with Crippen LogP contribution in [0.15, 0.2) is 29.2 Å². The third-order valence-corrected chi connectivity index (χ3v) is 2.52. The van der Waals surface area contributed by atoms with Crippen LogP contribution in [0.1, 0.15) is 12.0 Å². The quantitative estimate of drug-likeness (QED) is 0.709. The van der Waals surface area contributed by atoms with Gasteiger partial charge in [-0.05, 0) is 30.2 Å². The van der Waals surface area contributed by atoms with Crippen LogP contribution < -0.4 is 10.9 Å². The Kier molecular flexibility index (Phi) is 2.50. The van der Waals surface area contributed by atoms with Crippen molar-refractivity contribution in [1.29, 1.82) is 0 Å². The van der Waals surface area contributed by atoms with E-state index in [2.05, 4.69) is 11.4 Å². The molecule has 1 aromatic rings. The van der Waals surface area contributed by atoms with Gasteiger partial charge in [-0.2, -0.15) is 0 Å². The van der Waals surface area contributed by atoms with Crippen molar-refractivity contribution >= 4 is 5.57 Å². The van der Waals surface area contributed by atoms with Crippen LogP contribution in [-0.2, 0) is 7.05 Å². The van der Waals surface area contributed by atoms with Gasteiger partial charge in [-0.15, -0.1) is 0 Å². The first-order chi connectivity index (χ1) is 6.77. The smallest absolute Gasteiger partial charge is 0.250 e. The minimum Gasteiger partial charge on any atom is -0.318 e. The van der Waals surface area contributed by atoms with Gasteiger partial charge in [-0.1, -0.05) is 6.08 Å². The molecule has 2 rings (SSSR count). The summed E-state index contributed by atoms with van der Waals surface area (Å²) in [5.41, 5.74) is 2.54. The van der Waals surface area contributed by atoms with E-state index in [1.807, 2.05) is 12.3 Å². The van der Waals surface area contributed by atoms with Crippen molar-refractivity contribution in [3.8, 4) is 0 Å². The van der Waals surface area contributed by atoms with Gasteiger partial charge in [0.2, 0.25) is 5.56 Å². The molecular formula is C11H14N2O. The average Bonchev–Trinajstić information content (AvgIpc) is 2.23. The Morgan fingerprint density at radius 3 is 2.93 bits per heavy atom. The van der Waals surface area contributed by atoms with Gasteiger partial charge in [0.1, 0.15) is 0 Å². The molecule has 2 heterocycles. The number of hydrogen-bond acceptors (Lipinski definition) is 2. The number of rotatable bonds is 1. The largest absolute Gasteiger partial charge is 0.318 e. The van der Waals surface area contributed by atoms with Gasteiger partial charge < -0.3 is 9.88 Å². The number of aryl methyl sites for hydroxylation is 1. The Labute approximate surface area is 83.1 Å². The molecule has 0 aliphatic carbocycles. The van der Waals surface area contributed by atoms with Crippen molar-refractivity contribution in [3.63, 3.8) is 0 Å². The molecule has 0 fully saturated rings. The molecule has 0 amide bonds. The van der Waals surface area contributed by atoms with E-state index >= 15 is 0 Å². The highest BCUT2D eigenvalue weighted by Crippen LogP contribution is 2.17. The molecule has 1 aliphatic rings. The predicted octanol–water partition coefficient (Wildman–Crippen LogP) is 0.762. The molecule has 74 valence electrons. The van der Waals surface area contributed by atoms with Crippen molar-refractivity contribution < 1.29 is 0 Å². The molecule has 0 atom stereocenters. The van der Waals surface area contributed by atoms with Gasteiger partial charge in [0.05, 0.1) is 0 Å². The Morgan fingerprint density at radius 1 is 1.43 bits per heavy atom. The molecular weight excluding hydrogens is 176 g/mol. The van der Waals surface area contributed by atoms with Crippen LogP contribution in [-0.4, -0.2) is 17.7 Å². The molecule has 0 spiro atoms. The molecule has 0 aromatic carbocycles. The normalized spacial score (nSPS) is 16.5. The van der Waals surface area contributed by atoms with Crippen LogP contribution >= 0.6 is 0 Å². The summed E-state index contributed by atoms with van der Waals surface area (Å²) in [4.78, 5) is 11.2. The number of nitrogens with one attached hydrogen (secondary N) is 1. The third-order valence-electron chi connectivity index (χ3n) is 2.52. The number of pyridine rings is 1. The van der Waals surface area contributed by atoms with Gasteiger partial charge in [-0.25, -0.2) is 0 Å². The van der Waals surface area contributed by atoms with E-state index in [4.69, 9.17) is 0 Å². The molecule has 0 saturated carbocycles. The summed E-state index contributed by atoms with van der Waals surface area (Å²) in [5, 5.41) is 3.27. The highest BCUT2D eigenvalue weighted by molar-refractivity contribution is 5.65. The Hall–Kier alpha value is -1.35. The molecule has 14 heavy (non-hydrogen) atoms. The summed E-state index contributed by atoms with van der Waals surface area (Å²) in [6, 6.07) is 3.53. The maximum absolute atomic E-state index is 11.2. The molecule has 3 nitrogen and oxygen atoms in total. The van der Waals surface area contributed by atoms with Crippen LogP contribution in [0.25, 0.3) is 5.57 Å². The highest BCUT2D eigenvalue weighted by atomic mass is 16.1. The van der Waals surface area contributed by atoms with E-state index in [9.17, 15) is 4.79 Å². The average molecular weight is 190 g/mol. The zero-order chi connectivity index (χ0) is 9.97. The summed E-state index contributed by atoms with van der Waals surface area (Å²) >= 11 is 0. The maximum atomic E-state index is 11.2. The monoisotopic (exact) mass is 190 g/mol. The molecule has 1 aliphatic heterocycles. The Morgan fingerprint density at radius 2 is 2.29 bits per heavy atom. The van der Waals surface area contributed by atoms with E-state index in [-0.39, 0.29) is 5.56 Å². The molecule has 0 unspecified atom stereocenters. The van der Waals surface area contributed by atoms with Crippen molar-refractivity contribution in [2.24, 2.45) is 7.05 Å². The molecule has 0 saturated heterocycles. The molecule has 1 aromatic heterocycles. The zero-order valence-corrected chi connectivity index (χ0v) is 8.29. The zero-order valence-electron chi connectivity index (χ0n) is 8.29. The lowest BCUT2D eigenvalue weighted by Crippen LogP contribution is -2.21. The summed E-state index contributed by atoms with van der Waals surface area (Å²) in [7, 11) is 1.79. The fourth-order valence-corrected chi connectivity index (χ4v) is 1.67. The Balaban J connectivity index is 2.36. The van der Waals surface area contributed by atoms with Gasteiger partial charge in [0.25, 0.3) is 0 Å². The predicted molar refractivity (Wildman–Crippen MR) is 57.1 cm³/mol. The van der Waals surface area contributed by atoms with Gasteiger partial charge in [0, 0.05) is 25.9 Å². The summed E-state index contributed by atoms with van der Waals surface area (Å²) in [5.74, 6) is 0. The lowest BCUT2D eigenvalue weighted by molar-refractivity contribution is 0.737. The third kappa shape index (κ3) is 1.77. The van der Waals surface area contributed by atoms with Gasteiger partial charge in [0.15, 0.2) is 0 Å². The highest BCUT2D eigenvalue weighted by Gasteiger charge is 2.05. The SMILES string of the molecule is Cn1cc(C2=CCNCC2)ccc1=O. The number of hydrogen-bond donors (Lipinski definition) is 1. The minimum atomic E-state index is 0.0447. The first-order valence-corrected chi connectivity index (χ1v) is 4.84. The van der Waals surface area contributed by atoms with Crippen LogP contribution in [0.3, 0.4) is 0 Å². The lowest BCUT2D eigenvalue weighted by atomic mass is 10.0. The molecule has 0 bridgehead atoms. The van der Waals surface area contributed by atoms with E-state index in [1.54, 1.807) is 17.7 Å². The maximum Gasteiger partial charge on any atom is 0.250 e. The minimum absolute atomic E-state index is 0.0447. The van der Waals surface area contributed by atoms with E-state index < -0.39 is 0 Å². The van der Waals surface area contributed by atoms with Crippen LogP contribution in [0.5, 0.6) is 0 Å². The van der Waals surface area contributed by atoms with Gasteiger partial charge >= 0.3 is 0 Å². The van der Waals surface area contributed by atoms with Crippen molar-refractivity contribution in [2.75, 3.05) is 13.1 Å². The second kappa shape index (κ2) is 3.80. The van der Waals surface area contributed by atoms with Crippen molar-refractivity contribution in [3.05, 3.63) is 40.3 Å². The van der Waals surface area contributed by atoms with E-state index in [0.29, 0.717) is 0 Å². The lowest BCUT2D eigenvalue weighted by Gasteiger charge is -2.14. The van der Waals surface area contributed by atoms with Crippen LogP contribution in [0.4, 0.5) is 0 Å². The second-order valence-corrected chi connectivity index (χ2v) is 3.55. The molecule has 1 N–H and O–H groups in total. The van der Waals surface area contributed by atoms with Crippen molar-refractivity contribution in [1.82, 2.24) is 9.88 Å². The van der Waals surface area contributed by atoms with Crippen molar-refractivity contribution in [2.45, 2.75) is 6.42 Å². The first kappa shape index (κ1) is 9.21. The summed E-state index contributed by atoms with van der Waals surface area (Å²) < 4.78 is 1.62.